The standard InChI is InChI=1S/C17H16N4O3/c1-2-24-16(22)11-3-5-13(6-4-11)19-17(23)20-14-7-8-15-12(9-14)10-18-21-15/h3-10H,2H2,1H3,(H,18,21)(H2,19,20,23). The number of benzene rings is 2. The minimum absolute atomic E-state index is 0.322. The molecule has 0 unspecified atom stereocenters. The molecule has 0 fully saturated rings. The van der Waals surface area contributed by atoms with Crippen LogP contribution in [0.5, 0.6) is 0 Å². The molecule has 0 aliphatic rings. The fourth-order valence-electron chi connectivity index (χ4n) is 2.22. The molecule has 7 heteroatoms. The van der Waals surface area contributed by atoms with E-state index in [-0.39, 0.29) is 12.0 Å². The zero-order chi connectivity index (χ0) is 16.9. The number of nitrogens with one attached hydrogen (secondary N) is 3. The third-order valence-corrected chi connectivity index (χ3v) is 3.35. The minimum atomic E-state index is -0.387. The summed E-state index contributed by atoms with van der Waals surface area (Å²) in [5.74, 6) is -0.387. The van der Waals surface area contributed by atoms with Gasteiger partial charge in [-0.25, -0.2) is 9.59 Å². The predicted molar refractivity (Wildman–Crippen MR) is 91.1 cm³/mol. The van der Waals surface area contributed by atoms with Crippen LogP contribution in [0.1, 0.15) is 17.3 Å². The van der Waals surface area contributed by atoms with Crippen LogP contribution in [-0.2, 0) is 4.74 Å². The molecule has 0 radical (unpaired) electrons. The van der Waals surface area contributed by atoms with Crippen molar-refractivity contribution in [1.82, 2.24) is 10.2 Å². The molecule has 2 aromatic carbocycles. The summed E-state index contributed by atoms with van der Waals surface area (Å²) in [5.41, 5.74) is 2.57. The molecule has 0 aliphatic carbocycles. The second-order valence-corrected chi connectivity index (χ2v) is 5.05. The number of nitrogens with zero attached hydrogens (tertiary/aromatic N) is 1. The number of aromatic nitrogens is 2. The Labute approximate surface area is 138 Å². The second-order valence-electron chi connectivity index (χ2n) is 5.05. The molecule has 3 N–H and O–H groups in total. The number of H-pyrrole nitrogens is 1. The fraction of sp³-hybridized carbons (Fsp3) is 0.118. The van der Waals surface area contributed by atoms with E-state index in [2.05, 4.69) is 20.8 Å². The molecule has 0 spiro atoms. The number of hydrogen-bond acceptors (Lipinski definition) is 4. The van der Waals surface area contributed by atoms with E-state index < -0.39 is 0 Å². The molecule has 24 heavy (non-hydrogen) atoms. The van der Waals surface area contributed by atoms with Gasteiger partial charge in [-0.3, -0.25) is 5.10 Å². The van der Waals surface area contributed by atoms with Gasteiger partial charge >= 0.3 is 12.0 Å². The molecule has 0 bridgehead atoms. The van der Waals surface area contributed by atoms with E-state index in [4.69, 9.17) is 4.74 Å². The molecule has 1 aromatic heterocycles. The van der Waals surface area contributed by atoms with Gasteiger partial charge in [0.25, 0.3) is 0 Å². The number of aromatic amines is 1. The quantitative estimate of drug-likeness (QED) is 0.641. The predicted octanol–water partition coefficient (Wildman–Crippen LogP) is 3.38. The van der Waals surface area contributed by atoms with E-state index in [1.165, 1.54) is 0 Å². The van der Waals surface area contributed by atoms with Crippen LogP contribution < -0.4 is 10.6 Å². The lowest BCUT2D eigenvalue weighted by Crippen LogP contribution is -2.19. The highest BCUT2D eigenvalue weighted by Crippen LogP contribution is 2.17. The van der Waals surface area contributed by atoms with Crippen molar-refractivity contribution in [1.29, 1.82) is 0 Å². The number of hydrogen-bond donors (Lipinski definition) is 3. The first kappa shape index (κ1) is 15.5. The van der Waals surface area contributed by atoms with Gasteiger partial charge in [0.15, 0.2) is 0 Å². The average Bonchev–Trinajstić information content (AvgIpc) is 3.03. The molecule has 7 nitrogen and oxygen atoms in total. The van der Waals surface area contributed by atoms with E-state index in [9.17, 15) is 9.59 Å². The molecule has 3 rings (SSSR count). The molecule has 0 saturated heterocycles. The van der Waals surface area contributed by atoms with Gasteiger partial charge in [0, 0.05) is 16.8 Å². The summed E-state index contributed by atoms with van der Waals surface area (Å²) >= 11 is 0. The number of carbonyl (C=O) groups excluding carboxylic acids is 2. The first-order chi connectivity index (χ1) is 11.7. The molecular formula is C17H16N4O3. The van der Waals surface area contributed by atoms with Crippen molar-refractivity contribution >= 4 is 34.3 Å². The summed E-state index contributed by atoms with van der Waals surface area (Å²) in [5, 5.41) is 13.1. The summed E-state index contributed by atoms with van der Waals surface area (Å²) in [7, 11) is 0. The lowest BCUT2D eigenvalue weighted by atomic mass is 10.2. The highest BCUT2D eigenvalue weighted by Gasteiger charge is 2.07. The van der Waals surface area contributed by atoms with Gasteiger partial charge in [-0.05, 0) is 49.4 Å². The summed E-state index contributed by atoms with van der Waals surface area (Å²) < 4.78 is 4.91. The second kappa shape index (κ2) is 6.82. The van der Waals surface area contributed by atoms with Gasteiger partial charge in [-0.15, -0.1) is 0 Å². The lowest BCUT2D eigenvalue weighted by Gasteiger charge is -2.08. The molecule has 0 saturated carbocycles. The van der Waals surface area contributed by atoms with E-state index in [0.29, 0.717) is 23.5 Å². The van der Waals surface area contributed by atoms with Gasteiger partial charge < -0.3 is 15.4 Å². The third kappa shape index (κ3) is 3.52. The van der Waals surface area contributed by atoms with Gasteiger partial charge in [0.1, 0.15) is 0 Å². The Kier molecular flexibility index (Phi) is 4.42. The Morgan fingerprint density at radius 2 is 1.79 bits per heavy atom. The summed E-state index contributed by atoms with van der Waals surface area (Å²) in [6, 6.07) is 11.6. The maximum Gasteiger partial charge on any atom is 0.338 e. The summed E-state index contributed by atoms with van der Waals surface area (Å²) in [6.45, 7) is 2.07. The SMILES string of the molecule is CCOC(=O)c1ccc(NC(=O)Nc2ccc3[nH]ncc3c2)cc1. The highest BCUT2D eigenvalue weighted by atomic mass is 16.5. The molecule has 122 valence electrons. The van der Waals surface area contributed by atoms with Crippen LogP contribution in [0, 0.1) is 0 Å². The largest absolute Gasteiger partial charge is 0.462 e. The summed E-state index contributed by atoms with van der Waals surface area (Å²) in [4.78, 5) is 23.6. The van der Waals surface area contributed by atoms with Crippen LogP contribution in [0.25, 0.3) is 10.9 Å². The summed E-state index contributed by atoms with van der Waals surface area (Å²) in [6.07, 6.45) is 1.69. The van der Waals surface area contributed by atoms with Crippen LogP contribution >= 0.6 is 0 Å². The minimum Gasteiger partial charge on any atom is -0.462 e. The Bertz CT molecular complexity index is 871. The van der Waals surface area contributed by atoms with Crippen LogP contribution in [0.3, 0.4) is 0 Å². The Hall–Kier alpha value is -3.35. The molecular weight excluding hydrogens is 308 g/mol. The van der Waals surface area contributed by atoms with Crippen molar-refractivity contribution < 1.29 is 14.3 Å². The topological polar surface area (TPSA) is 96.1 Å². The molecule has 2 amide bonds. The molecule has 3 aromatic rings. The fourth-order valence-corrected chi connectivity index (χ4v) is 2.22. The van der Waals surface area contributed by atoms with Crippen molar-refractivity contribution in [2.24, 2.45) is 0 Å². The number of carbonyl (C=O) groups is 2. The van der Waals surface area contributed by atoms with Crippen molar-refractivity contribution in [3.63, 3.8) is 0 Å². The van der Waals surface area contributed by atoms with Crippen LogP contribution in [0.4, 0.5) is 16.2 Å². The monoisotopic (exact) mass is 324 g/mol. The Morgan fingerprint density at radius 1 is 1.08 bits per heavy atom. The molecule has 0 atom stereocenters. The van der Waals surface area contributed by atoms with Crippen LogP contribution in [0.15, 0.2) is 48.7 Å². The van der Waals surface area contributed by atoms with Gasteiger partial charge in [0.2, 0.25) is 0 Å². The van der Waals surface area contributed by atoms with Crippen molar-refractivity contribution in [2.45, 2.75) is 6.92 Å². The van der Waals surface area contributed by atoms with Gasteiger partial charge in [0.05, 0.1) is 23.9 Å². The molecule has 0 aliphatic heterocycles. The van der Waals surface area contributed by atoms with Crippen molar-refractivity contribution in [3.05, 3.63) is 54.2 Å². The maximum absolute atomic E-state index is 12.0. The number of rotatable bonds is 4. The number of esters is 1. The third-order valence-electron chi connectivity index (χ3n) is 3.35. The van der Waals surface area contributed by atoms with Crippen LogP contribution in [-0.4, -0.2) is 28.8 Å². The Morgan fingerprint density at radius 3 is 2.54 bits per heavy atom. The zero-order valence-corrected chi connectivity index (χ0v) is 13.0. The van der Waals surface area contributed by atoms with Gasteiger partial charge in [-0.2, -0.15) is 5.10 Å². The maximum atomic E-state index is 12.0. The van der Waals surface area contributed by atoms with Crippen molar-refractivity contribution in [3.8, 4) is 0 Å². The van der Waals surface area contributed by atoms with E-state index in [1.54, 1.807) is 43.5 Å². The normalized spacial score (nSPS) is 10.4. The molecule has 1 heterocycles. The van der Waals surface area contributed by atoms with E-state index in [0.717, 1.165) is 10.9 Å². The number of amides is 2. The number of ether oxygens (including phenoxy) is 1. The zero-order valence-electron chi connectivity index (χ0n) is 13.0. The first-order valence-electron chi connectivity index (χ1n) is 7.44. The number of urea groups is 1. The van der Waals surface area contributed by atoms with Crippen LogP contribution in [0.2, 0.25) is 0 Å². The highest BCUT2D eigenvalue weighted by molar-refractivity contribution is 6.01. The van der Waals surface area contributed by atoms with Crippen molar-refractivity contribution in [2.75, 3.05) is 17.2 Å². The average molecular weight is 324 g/mol. The number of anilines is 2. The number of fused-ring (bicyclic) bond motifs is 1. The van der Waals surface area contributed by atoms with E-state index in [1.807, 2.05) is 12.1 Å². The lowest BCUT2D eigenvalue weighted by molar-refractivity contribution is 0.0526. The van der Waals surface area contributed by atoms with E-state index >= 15 is 0 Å². The Balaban J connectivity index is 1.62. The van der Waals surface area contributed by atoms with Gasteiger partial charge in [-0.1, -0.05) is 0 Å². The first-order valence-corrected chi connectivity index (χ1v) is 7.44. The smallest absolute Gasteiger partial charge is 0.338 e.